The van der Waals surface area contributed by atoms with Gasteiger partial charge in [0.05, 0.1) is 29.7 Å². The summed E-state index contributed by atoms with van der Waals surface area (Å²) in [6.45, 7) is 3.41. The number of pyridine rings is 1. The van der Waals surface area contributed by atoms with Gasteiger partial charge in [-0.15, -0.1) is 0 Å². The van der Waals surface area contributed by atoms with Gasteiger partial charge in [-0.3, -0.25) is 9.59 Å². The molecule has 4 aromatic rings. The van der Waals surface area contributed by atoms with Crippen LogP contribution < -0.4 is 15.8 Å². The van der Waals surface area contributed by atoms with Crippen LogP contribution in [0.5, 0.6) is 5.75 Å². The minimum absolute atomic E-state index is 0.0116. The first-order valence-electron chi connectivity index (χ1n) is 14.6. The number of rotatable bonds is 10. The molecular weight excluding hydrogens is 599 g/mol. The second-order valence-electron chi connectivity index (χ2n) is 10.9. The van der Waals surface area contributed by atoms with E-state index in [1.54, 1.807) is 60.8 Å². The van der Waals surface area contributed by atoms with Gasteiger partial charge in [-0.2, -0.15) is 0 Å². The van der Waals surface area contributed by atoms with E-state index in [4.69, 9.17) is 10.5 Å². The Bertz CT molecular complexity index is 1880. The minimum Gasteiger partial charge on any atom is -0.494 e. The predicted molar refractivity (Wildman–Crippen MR) is 169 cm³/mol. The third kappa shape index (κ3) is 6.02. The molecule has 1 fully saturated rings. The molecule has 1 aromatic heterocycles. The zero-order valence-corrected chi connectivity index (χ0v) is 26.0. The molecule has 1 aliphatic heterocycles. The van der Waals surface area contributed by atoms with E-state index in [9.17, 15) is 23.1 Å². The van der Waals surface area contributed by atoms with E-state index in [-0.39, 0.29) is 40.5 Å². The van der Waals surface area contributed by atoms with Gasteiger partial charge in [0, 0.05) is 29.4 Å². The number of carboxylic acid groups (broad SMARTS) is 1. The maximum absolute atomic E-state index is 16.1. The fraction of sp³-hybridized carbons (Fsp3) is 0.303. The summed E-state index contributed by atoms with van der Waals surface area (Å²) in [6, 6.07) is 13.8. The fourth-order valence-corrected chi connectivity index (χ4v) is 7.13. The second kappa shape index (κ2) is 12.7. The van der Waals surface area contributed by atoms with E-state index in [0.717, 1.165) is 10.9 Å². The number of nitrogens with one attached hydrogen (secondary N) is 1. The Kier molecular flexibility index (Phi) is 8.96. The van der Waals surface area contributed by atoms with Crippen molar-refractivity contribution in [1.29, 1.82) is 0 Å². The number of amides is 1. The molecule has 3 aromatic carbocycles. The molecule has 45 heavy (non-hydrogen) atoms. The van der Waals surface area contributed by atoms with Crippen LogP contribution in [-0.4, -0.2) is 54.7 Å². The number of hydrogen-bond donors (Lipinski definition) is 3. The summed E-state index contributed by atoms with van der Waals surface area (Å²) < 4.78 is 47.6. The molecule has 1 aliphatic rings. The number of fused-ring (bicyclic) bond motifs is 1. The number of carbonyl (C=O) groups is 2. The summed E-state index contributed by atoms with van der Waals surface area (Å²) in [5.41, 5.74) is 7.45. The van der Waals surface area contributed by atoms with Crippen molar-refractivity contribution in [2.75, 3.05) is 30.5 Å². The zero-order chi connectivity index (χ0) is 32.5. The van der Waals surface area contributed by atoms with Crippen LogP contribution in [0.3, 0.4) is 0 Å². The Morgan fingerprint density at radius 1 is 1.16 bits per heavy atom. The molecule has 0 saturated carbocycles. The van der Waals surface area contributed by atoms with E-state index in [1.807, 2.05) is 6.92 Å². The number of methoxy groups -OCH3 is 1. The average molecular weight is 635 g/mol. The molecule has 0 aliphatic carbocycles. The maximum Gasteiger partial charge on any atom is 0.309 e. The molecule has 0 bridgehead atoms. The number of likely N-dealkylation sites (tertiary alicyclic amines) is 1. The molecule has 0 radical (unpaired) electrons. The van der Waals surface area contributed by atoms with E-state index in [0.29, 0.717) is 23.3 Å². The summed E-state index contributed by atoms with van der Waals surface area (Å²) >= 11 is 0. The van der Waals surface area contributed by atoms with Crippen LogP contribution in [0, 0.1) is 11.7 Å². The summed E-state index contributed by atoms with van der Waals surface area (Å²) in [5, 5.41) is 14.8. The number of benzene rings is 3. The van der Waals surface area contributed by atoms with Crippen LogP contribution in [0.1, 0.15) is 49.0 Å². The first-order chi connectivity index (χ1) is 21.5. The number of hydrogen-bond acceptors (Lipinski definition) is 8. The van der Waals surface area contributed by atoms with Gasteiger partial charge in [-0.1, -0.05) is 38.1 Å². The number of aliphatic carboxylic acids is 1. The fourth-order valence-electron chi connectivity index (χ4n) is 5.98. The van der Waals surface area contributed by atoms with Crippen molar-refractivity contribution in [2.45, 2.75) is 43.7 Å². The van der Waals surface area contributed by atoms with Crippen molar-refractivity contribution in [3.05, 3.63) is 89.4 Å². The van der Waals surface area contributed by atoms with Gasteiger partial charge in [0.25, 0.3) is 0 Å². The highest BCUT2D eigenvalue weighted by molar-refractivity contribution is 7.91. The van der Waals surface area contributed by atoms with Gasteiger partial charge in [0.15, 0.2) is 21.4 Å². The average Bonchev–Trinajstić information content (AvgIpc) is 3.49. The van der Waals surface area contributed by atoms with Gasteiger partial charge >= 0.3 is 5.97 Å². The molecule has 0 spiro atoms. The van der Waals surface area contributed by atoms with Gasteiger partial charge in [0.1, 0.15) is 11.9 Å². The molecule has 5 rings (SSSR count). The maximum atomic E-state index is 16.1. The SMILES string of the molecule is CCc1cc(OC)c(F)c([C@H](Nc2ccc3c(N)nccc3c2)C(=O)N2CCC(C(=O)O)C2c2ccccc2S(=O)(=O)CC)c1. The van der Waals surface area contributed by atoms with Crippen molar-refractivity contribution in [2.24, 2.45) is 5.92 Å². The Morgan fingerprint density at radius 2 is 1.91 bits per heavy atom. The molecule has 1 amide bonds. The minimum atomic E-state index is -3.77. The first kappa shape index (κ1) is 31.7. The number of aryl methyl sites for hydroxylation is 1. The summed E-state index contributed by atoms with van der Waals surface area (Å²) in [7, 11) is -2.43. The van der Waals surface area contributed by atoms with E-state index < -0.39 is 45.5 Å². The number of sulfone groups is 1. The van der Waals surface area contributed by atoms with Crippen molar-refractivity contribution >= 4 is 44.0 Å². The molecule has 2 unspecified atom stereocenters. The molecule has 12 heteroatoms. The summed E-state index contributed by atoms with van der Waals surface area (Å²) in [6.07, 6.45) is 2.17. The lowest BCUT2D eigenvalue weighted by Gasteiger charge is -2.33. The number of nitrogens with two attached hydrogens (primary N) is 1. The molecule has 3 atom stereocenters. The van der Waals surface area contributed by atoms with Crippen molar-refractivity contribution in [3.63, 3.8) is 0 Å². The lowest BCUT2D eigenvalue weighted by Crippen LogP contribution is -2.40. The molecule has 4 N–H and O–H groups in total. The molecule has 236 valence electrons. The summed E-state index contributed by atoms with van der Waals surface area (Å²) in [5.74, 6) is -3.51. The number of anilines is 2. The van der Waals surface area contributed by atoms with E-state index in [2.05, 4.69) is 10.3 Å². The number of nitrogen functional groups attached to an aromatic ring is 1. The zero-order valence-electron chi connectivity index (χ0n) is 25.2. The Hall–Kier alpha value is -4.71. The second-order valence-corrected chi connectivity index (χ2v) is 13.2. The highest BCUT2D eigenvalue weighted by atomic mass is 32.2. The molecule has 1 saturated heterocycles. The number of carbonyl (C=O) groups excluding carboxylic acids is 1. The van der Waals surface area contributed by atoms with Gasteiger partial charge in [-0.25, -0.2) is 17.8 Å². The monoisotopic (exact) mass is 634 g/mol. The number of halogens is 1. The smallest absolute Gasteiger partial charge is 0.309 e. The number of ether oxygens (including phenoxy) is 1. The quantitative estimate of drug-likeness (QED) is 0.215. The lowest BCUT2D eigenvalue weighted by atomic mass is 9.93. The first-order valence-corrected chi connectivity index (χ1v) is 16.3. The van der Waals surface area contributed by atoms with Gasteiger partial charge in [0.2, 0.25) is 5.91 Å². The molecule has 10 nitrogen and oxygen atoms in total. The van der Waals surface area contributed by atoms with Gasteiger partial charge in [-0.05, 0) is 65.8 Å². The number of nitrogens with zero attached hydrogens (tertiary/aromatic N) is 2. The number of aromatic nitrogens is 1. The van der Waals surface area contributed by atoms with E-state index >= 15 is 4.39 Å². The molecular formula is C33H35FN4O6S. The highest BCUT2D eigenvalue weighted by Crippen LogP contribution is 2.43. The Labute approximate surface area is 260 Å². The van der Waals surface area contributed by atoms with Crippen molar-refractivity contribution < 1.29 is 32.2 Å². The topological polar surface area (TPSA) is 152 Å². The summed E-state index contributed by atoms with van der Waals surface area (Å²) in [4.78, 5) is 32.6. The van der Waals surface area contributed by atoms with E-state index in [1.165, 1.54) is 25.0 Å². The van der Waals surface area contributed by atoms with Crippen LogP contribution in [0.4, 0.5) is 15.9 Å². The van der Waals surface area contributed by atoms with Crippen LogP contribution in [0.2, 0.25) is 0 Å². The molecule has 2 heterocycles. The van der Waals surface area contributed by atoms with Crippen molar-refractivity contribution in [1.82, 2.24) is 9.88 Å². The normalized spacial score (nSPS) is 17.3. The third-order valence-corrected chi connectivity index (χ3v) is 10.2. The van der Waals surface area contributed by atoms with Crippen LogP contribution in [0.25, 0.3) is 10.8 Å². The van der Waals surface area contributed by atoms with Gasteiger partial charge < -0.3 is 25.8 Å². The Balaban J connectivity index is 1.67. The largest absolute Gasteiger partial charge is 0.494 e. The third-order valence-electron chi connectivity index (χ3n) is 8.37. The van der Waals surface area contributed by atoms with Crippen LogP contribution in [-0.2, 0) is 25.8 Å². The van der Waals surface area contributed by atoms with Crippen LogP contribution in [0.15, 0.2) is 71.8 Å². The Morgan fingerprint density at radius 3 is 2.60 bits per heavy atom. The lowest BCUT2D eigenvalue weighted by molar-refractivity contribution is -0.143. The number of carboxylic acids is 1. The van der Waals surface area contributed by atoms with Crippen molar-refractivity contribution in [3.8, 4) is 5.75 Å². The predicted octanol–water partition coefficient (Wildman–Crippen LogP) is 5.15. The van der Waals surface area contributed by atoms with Crippen LogP contribution >= 0.6 is 0 Å². The highest BCUT2D eigenvalue weighted by Gasteiger charge is 2.46. The standard InChI is InChI=1S/C33H35FN4O6S/c1-4-19-16-25(28(34)26(17-19)44-3)29(37-21-10-11-22-20(18-21)12-14-36-31(22)35)32(39)38-15-13-24(33(40)41)30(38)23-8-6-7-9-27(23)45(42,43)5-2/h6-12,14,16-18,24,29-30,37H,4-5,13,15H2,1-3H3,(H2,35,36)(H,40,41)/t24?,29-,30?/m0/s1.